The molecule has 4 nitrogen and oxygen atoms in total. The topological polar surface area (TPSA) is 63.9 Å². The number of methoxy groups -OCH3 is 1. The normalized spacial score (nSPS) is 10.3. The third kappa shape index (κ3) is 1.52. The summed E-state index contributed by atoms with van der Waals surface area (Å²) >= 11 is 0. The Labute approximate surface area is 85.9 Å². The molecular formula is C10H10FN3O. The van der Waals surface area contributed by atoms with E-state index < -0.39 is 5.82 Å². The van der Waals surface area contributed by atoms with E-state index in [-0.39, 0.29) is 0 Å². The van der Waals surface area contributed by atoms with E-state index >= 15 is 0 Å². The van der Waals surface area contributed by atoms with Gasteiger partial charge >= 0.3 is 0 Å². The summed E-state index contributed by atoms with van der Waals surface area (Å²) in [7, 11) is 1.48. The Balaban J connectivity index is 2.66. The number of halogens is 1. The van der Waals surface area contributed by atoms with E-state index in [1.807, 2.05) is 0 Å². The molecule has 0 aliphatic rings. The molecule has 0 atom stereocenters. The molecule has 0 aliphatic carbocycles. The third-order valence-corrected chi connectivity index (χ3v) is 2.11. The highest BCUT2D eigenvalue weighted by Crippen LogP contribution is 2.33. The van der Waals surface area contributed by atoms with Crippen molar-refractivity contribution in [2.45, 2.75) is 0 Å². The van der Waals surface area contributed by atoms with Crippen molar-refractivity contribution in [1.82, 2.24) is 10.2 Å². The molecular weight excluding hydrogens is 197 g/mol. The fourth-order valence-electron chi connectivity index (χ4n) is 1.41. The van der Waals surface area contributed by atoms with Crippen LogP contribution in [-0.4, -0.2) is 17.3 Å². The molecule has 0 amide bonds. The van der Waals surface area contributed by atoms with Gasteiger partial charge in [0.25, 0.3) is 0 Å². The Bertz CT molecular complexity index is 481. The molecule has 0 fully saturated rings. The number of nitrogen functional groups attached to an aromatic ring is 1. The predicted molar refractivity (Wildman–Crippen MR) is 54.9 cm³/mol. The first-order valence-electron chi connectivity index (χ1n) is 4.35. The first-order chi connectivity index (χ1) is 7.24. The van der Waals surface area contributed by atoms with Crippen LogP contribution in [0.4, 0.5) is 10.1 Å². The maximum Gasteiger partial charge on any atom is 0.136 e. The van der Waals surface area contributed by atoms with Gasteiger partial charge in [-0.25, -0.2) is 4.39 Å². The number of aromatic nitrogens is 2. The van der Waals surface area contributed by atoms with Crippen LogP contribution in [-0.2, 0) is 0 Å². The van der Waals surface area contributed by atoms with E-state index in [0.29, 0.717) is 22.7 Å². The van der Waals surface area contributed by atoms with Crippen LogP contribution >= 0.6 is 0 Å². The number of nitrogens with one attached hydrogen (secondary N) is 1. The van der Waals surface area contributed by atoms with Crippen molar-refractivity contribution in [3.8, 4) is 17.0 Å². The minimum Gasteiger partial charge on any atom is -0.496 e. The molecule has 1 aromatic heterocycles. The molecule has 0 radical (unpaired) electrons. The number of anilines is 1. The highest BCUT2D eigenvalue weighted by Gasteiger charge is 2.15. The Hall–Kier alpha value is -2.04. The summed E-state index contributed by atoms with van der Waals surface area (Å²) in [6, 6.07) is 4.58. The number of H-pyrrole nitrogens is 1. The van der Waals surface area contributed by atoms with Gasteiger partial charge in [-0.2, -0.15) is 5.10 Å². The standard InChI is InChI=1S/C10H10FN3O/c1-15-8-4-2-3-6(11)9(8)10-7(12)5-13-14-10/h2-5H,12H2,1H3,(H,13,14). The number of ether oxygens (including phenoxy) is 1. The zero-order valence-electron chi connectivity index (χ0n) is 8.12. The lowest BCUT2D eigenvalue weighted by Gasteiger charge is -2.07. The third-order valence-electron chi connectivity index (χ3n) is 2.11. The van der Waals surface area contributed by atoms with E-state index in [2.05, 4.69) is 10.2 Å². The van der Waals surface area contributed by atoms with Gasteiger partial charge in [-0.3, -0.25) is 5.10 Å². The smallest absolute Gasteiger partial charge is 0.136 e. The quantitative estimate of drug-likeness (QED) is 0.789. The van der Waals surface area contributed by atoms with Gasteiger partial charge in [-0.05, 0) is 12.1 Å². The lowest BCUT2D eigenvalue weighted by molar-refractivity contribution is 0.413. The number of nitrogens with two attached hydrogens (primary N) is 1. The van der Waals surface area contributed by atoms with E-state index in [1.54, 1.807) is 12.1 Å². The van der Waals surface area contributed by atoms with Gasteiger partial charge in [-0.1, -0.05) is 6.07 Å². The van der Waals surface area contributed by atoms with Crippen molar-refractivity contribution in [1.29, 1.82) is 0 Å². The lowest BCUT2D eigenvalue weighted by atomic mass is 10.1. The average molecular weight is 207 g/mol. The van der Waals surface area contributed by atoms with Crippen molar-refractivity contribution in [3.05, 3.63) is 30.2 Å². The second-order valence-corrected chi connectivity index (χ2v) is 3.02. The molecule has 1 heterocycles. The number of hydrogen-bond donors (Lipinski definition) is 2. The molecule has 0 bridgehead atoms. The van der Waals surface area contributed by atoms with Crippen LogP contribution < -0.4 is 10.5 Å². The molecule has 1 aromatic carbocycles. The summed E-state index contributed by atoms with van der Waals surface area (Å²) in [4.78, 5) is 0. The molecule has 78 valence electrons. The zero-order chi connectivity index (χ0) is 10.8. The van der Waals surface area contributed by atoms with Crippen LogP contribution in [0.25, 0.3) is 11.3 Å². The lowest BCUT2D eigenvalue weighted by Crippen LogP contribution is -1.94. The van der Waals surface area contributed by atoms with Crippen LogP contribution in [0.2, 0.25) is 0 Å². The number of nitrogens with zero attached hydrogens (tertiary/aromatic N) is 1. The number of aromatic amines is 1. The first kappa shape index (κ1) is 9.51. The average Bonchev–Trinajstić information content (AvgIpc) is 2.64. The van der Waals surface area contributed by atoms with Crippen LogP contribution in [0.15, 0.2) is 24.4 Å². The van der Waals surface area contributed by atoms with Gasteiger partial charge in [0.1, 0.15) is 11.6 Å². The van der Waals surface area contributed by atoms with Crippen molar-refractivity contribution < 1.29 is 9.13 Å². The molecule has 5 heteroatoms. The van der Waals surface area contributed by atoms with Gasteiger partial charge in [0.05, 0.1) is 30.3 Å². The highest BCUT2D eigenvalue weighted by atomic mass is 19.1. The van der Waals surface area contributed by atoms with Gasteiger partial charge in [0, 0.05) is 0 Å². The Kier molecular flexibility index (Phi) is 2.29. The summed E-state index contributed by atoms with van der Waals surface area (Å²) in [6.45, 7) is 0. The van der Waals surface area contributed by atoms with Gasteiger partial charge in [0.15, 0.2) is 0 Å². The minimum atomic E-state index is -0.398. The fraction of sp³-hybridized carbons (Fsp3) is 0.100. The second kappa shape index (κ2) is 3.61. The monoisotopic (exact) mass is 207 g/mol. The van der Waals surface area contributed by atoms with Crippen LogP contribution in [0.1, 0.15) is 0 Å². The highest BCUT2D eigenvalue weighted by molar-refractivity contribution is 5.77. The van der Waals surface area contributed by atoms with Crippen molar-refractivity contribution in [2.75, 3.05) is 12.8 Å². The van der Waals surface area contributed by atoms with Crippen molar-refractivity contribution in [2.24, 2.45) is 0 Å². The maximum atomic E-state index is 13.6. The first-order valence-corrected chi connectivity index (χ1v) is 4.35. The van der Waals surface area contributed by atoms with Crippen LogP contribution in [0, 0.1) is 5.82 Å². The van der Waals surface area contributed by atoms with E-state index in [1.165, 1.54) is 19.4 Å². The number of hydrogen-bond acceptors (Lipinski definition) is 3. The zero-order valence-corrected chi connectivity index (χ0v) is 8.12. The molecule has 3 N–H and O–H groups in total. The van der Waals surface area contributed by atoms with Crippen molar-refractivity contribution in [3.63, 3.8) is 0 Å². The molecule has 0 saturated heterocycles. The predicted octanol–water partition coefficient (Wildman–Crippen LogP) is 1.81. The summed E-state index contributed by atoms with van der Waals surface area (Å²) in [5.74, 6) is 0.0243. The number of rotatable bonds is 2. The van der Waals surface area contributed by atoms with E-state index in [4.69, 9.17) is 10.5 Å². The Morgan fingerprint density at radius 2 is 2.27 bits per heavy atom. The SMILES string of the molecule is COc1cccc(F)c1-c1[nH]ncc1N. The molecule has 2 aromatic rings. The van der Waals surface area contributed by atoms with E-state index in [9.17, 15) is 4.39 Å². The van der Waals surface area contributed by atoms with Crippen LogP contribution in [0.5, 0.6) is 5.75 Å². The summed E-state index contributed by atoms with van der Waals surface area (Å²) in [6.07, 6.45) is 1.43. The Morgan fingerprint density at radius 1 is 1.47 bits per heavy atom. The van der Waals surface area contributed by atoms with Crippen LogP contribution in [0.3, 0.4) is 0 Å². The summed E-state index contributed by atoms with van der Waals surface area (Å²) in [5.41, 5.74) is 6.77. The minimum absolute atomic E-state index is 0.301. The molecule has 0 saturated carbocycles. The van der Waals surface area contributed by atoms with E-state index in [0.717, 1.165) is 0 Å². The van der Waals surface area contributed by atoms with Gasteiger partial charge in [0.2, 0.25) is 0 Å². The maximum absolute atomic E-state index is 13.6. The number of benzene rings is 1. The molecule has 15 heavy (non-hydrogen) atoms. The Morgan fingerprint density at radius 3 is 2.87 bits per heavy atom. The molecule has 0 aliphatic heterocycles. The van der Waals surface area contributed by atoms with Gasteiger partial charge < -0.3 is 10.5 Å². The molecule has 0 unspecified atom stereocenters. The second-order valence-electron chi connectivity index (χ2n) is 3.02. The largest absolute Gasteiger partial charge is 0.496 e. The summed E-state index contributed by atoms with van der Waals surface area (Å²) < 4.78 is 18.7. The molecule has 0 spiro atoms. The molecule has 2 rings (SSSR count). The van der Waals surface area contributed by atoms with Gasteiger partial charge in [-0.15, -0.1) is 0 Å². The van der Waals surface area contributed by atoms with Crippen molar-refractivity contribution >= 4 is 5.69 Å². The summed E-state index contributed by atoms with van der Waals surface area (Å²) in [5, 5.41) is 6.38. The fourth-order valence-corrected chi connectivity index (χ4v) is 1.41.